The molecule has 0 aliphatic rings. The number of aromatic nitrogens is 1. The van der Waals surface area contributed by atoms with Crippen molar-refractivity contribution in [1.82, 2.24) is 10.3 Å². The van der Waals surface area contributed by atoms with Gasteiger partial charge in [0.1, 0.15) is 0 Å². The van der Waals surface area contributed by atoms with Crippen molar-refractivity contribution in [3.63, 3.8) is 0 Å². The first-order chi connectivity index (χ1) is 6.58. The fourth-order valence-corrected chi connectivity index (χ4v) is 1.42. The van der Waals surface area contributed by atoms with Gasteiger partial charge in [0, 0.05) is 31.2 Å². The average molecular weight is 224 g/mol. The van der Waals surface area contributed by atoms with Crippen LogP contribution in [0.25, 0.3) is 0 Å². The highest BCUT2D eigenvalue weighted by Crippen LogP contribution is 2.29. The number of halogens is 3. The predicted octanol–water partition coefficient (Wildman–Crippen LogP) is 2.36. The maximum absolute atomic E-state index is 11.7. The van der Waals surface area contributed by atoms with Gasteiger partial charge < -0.3 is 10.3 Å². The number of alkyl halides is 3. The lowest BCUT2D eigenvalue weighted by molar-refractivity contribution is -0.0327. The molecule has 0 fully saturated rings. The number of H-pyrrole nitrogens is 1. The Morgan fingerprint density at radius 1 is 1.43 bits per heavy atom. The van der Waals surface area contributed by atoms with Crippen LogP contribution in [0.3, 0.4) is 0 Å². The first-order valence-corrected chi connectivity index (χ1v) is 5.09. The molecule has 1 aromatic rings. The van der Waals surface area contributed by atoms with Crippen molar-refractivity contribution in [1.29, 1.82) is 0 Å². The number of hydrogen-bond acceptors (Lipinski definition) is 2. The van der Waals surface area contributed by atoms with Gasteiger partial charge in [-0.2, -0.15) is 13.2 Å². The van der Waals surface area contributed by atoms with E-state index in [1.165, 1.54) is 0 Å². The lowest BCUT2D eigenvalue weighted by atomic mass is 10.3. The van der Waals surface area contributed by atoms with Crippen LogP contribution in [0.4, 0.5) is 13.2 Å². The molecule has 0 atom stereocenters. The molecule has 0 saturated carbocycles. The molecule has 0 radical (unpaired) electrons. The smallest absolute Gasteiger partial charge is 0.367 e. The Kier molecular flexibility index (Phi) is 4.34. The first-order valence-electron chi connectivity index (χ1n) is 4.11. The highest BCUT2D eigenvalue weighted by Gasteiger charge is 2.27. The maximum atomic E-state index is 11.7. The highest BCUT2D eigenvalue weighted by atomic mass is 32.2. The van der Waals surface area contributed by atoms with Gasteiger partial charge in [-0.15, -0.1) is 0 Å². The van der Waals surface area contributed by atoms with Crippen LogP contribution in [-0.2, 0) is 6.54 Å². The lowest BCUT2D eigenvalue weighted by Crippen LogP contribution is -2.18. The van der Waals surface area contributed by atoms with E-state index < -0.39 is 5.51 Å². The average Bonchev–Trinajstić information content (AvgIpc) is 2.54. The van der Waals surface area contributed by atoms with Gasteiger partial charge in [-0.3, -0.25) is 0 Å². The highest BCUT2D eigenvalue weighted by molar-refractivity contribution is 8.00. The standard InChI is InChI=1S/C8H11F3N2S/c9-8(10,11)14-4-3-13-6-7-1-2-12-5-7/h1-2,5,12-13H,3-4,6H2. The van der Waals surface area contributed by atoms with Crippen LogP contribution < -0.4 is 5.32 Å². The quantitative estimate of drug-likeness (QED) is 0.751. The molecule has 0 saturated heterocycles. The van der Waals surface area contributed by atoms with Crippen LogP contribution in [0.2, 0.25) is 0 Å². The summed E-state index contributed by atoms with van der Waals surface area (Å²) in [6, 6.07) is 1.88. The normalized spacial score (nSPS) is 11.9. The van der Waals surface area contributed by atoms with E-state index >= 15 is 0 Å². The Labute approximate surface area is 84.3 Å². The van der Waals surface area contributed by atoms with Crippen LogP contribution in [0.15, 0.2) is 18.5 Å². The summed E-state index contributed by atoms with van der Waals surface area (Å²) in [5.74, 6) is 0.0495. The third-order valence-electron chi connectivity index (χ3n) is 1.54. The molecule has 80 valence electrons. The third kappa shape index (κ3) is 5.18. The molecule has 0 aromatic carbocycles. The van der Waals surface area contributed by atoms with E-state index in [0.29, 0.717) is 13.1 Å². The summed E-state index contributed by atoms with van der Waals surface area (Å²) < 4.78 is 35.1. The zero-order valence-corrected chi connectivity index (χ0v) is 8.21. The summed E-state index contributed by atoms with van der Waals surface area (Å²) in [5.41, 5.74) is -3.07. The Hall–Kier alpha value is -0.620. The van der Waals surface area contributed by atoms with E-state index in [9.17, 15) is 13.2 Å². The van der Waals surface area contributed by atoms with Crippen LogP contribution in [0.5, 0.6) is 0 Å². The molecule has 0 unspecified atom stereocenters. The van der Waals surface area contributed by atoms with Crippen LogP contribution in [0.1, 0.15) is 5.56 Å². The number of rotatable bonds is 5. The summed E-state index contributed by atoms with van der Waals surface area (Å²) in [7, 11) is 0. The predicted molar refractivity (Wildman–Crippen MR) is 51.0 cm³/mol. The summed E-state index contributed by atoms with van der Waals surface area (Å²) in [5, 5.41) is 2.92. The summed E-state index contributed by atoms with van der Waals surface area (Å²) in [6.07, 6.45) is 3.59. The minimum Gasteiger partial charge on any atom is -0.367 e. The van der Waals surface area contributed by atoms with Gasteiger partial charge >= 0.3 is 5.51 Å². The van der Waals surface area contributed by atoms with Gasteiger partial charge in [-0.05, 0) is 23.4 Å². The minimum atomic E-state index is -4.12. The lowest BCUT2D eigenvalue weighted by Gasteiger charge is -2.05. The van der Waals surface area contributed by atoms with Crippen molar-refractivity contribution in [2.75, 3.05) is 12.3 Å². The molecule has 2 nitrogen and oxygen atoms in total. The molecule has 6 heteroatoms. The molecule has 0 amide bonds. The van der Waals surface area contributed by atoms with Crippen molar-refractivity contribution in [3.8, 4) is 0 Å². The fourth-order valence-electron chi connectivity index (χ4n) is 0.940. The molecule has 0 spiro atoms. The minimum absolute atomic E-state index is 0.000454. The second kappa shape index (κ2) is 5.31. The van der Waals surface area contributed by atoms with Gasteiger partial charge in [-0.25, -0.2) is 0 Å². The summed E-state index contributed by atoms with van der Waals surface area (Å²) in [4.78, 5) is 2.87. The van der Waals surface area contributed by atoms with Crippen molar-refractivity contribution >= 4 is 11.8 Å². The van der Waals surface area contributed by atoms with Gasteiger partial charge in [0.25, 0.3) is 0 Å². The fraction of sp³-hybridized carbons (Fsp3) is 0.500. The van der Waals surface area contributed by atoms with E-state index in [-0.39, 0.29) is 17.5 Å². The van der Waals surface area contributed by atoms with E-state index in [1.54, 1.807) is 6.20 Å². The van der Waals surface area contributed by atoms with Crippen LogP contribution in [-0.4, -0.2) is 22.8 Å². The number of thioether (sulfide) groups is 1. The van der Waals surface area contributed by atoms with Gasteiger partial charge in [0.2, 0.25) is 0 Å². The molecule has 1 heterocycles. The zero-order chi connectivity index (χ0) is 10.4. The topological polar surface area (TPSA) is 27.8 Å². The van der Waals surface area contributed by atoms with Crippen molar-refractivity contribution < 1.29 is 13.2 Å². The van der Waals surface area contributed by atoms with E-state index in [0.717, 1.165) is 5.56 Å². The summed E-state index contributed by atoms with van der Waals surface area (Å²) >= 11 is 0.000454. The van der Waals surface area contributed by atoms with E-state index in [4.69, 9.17) is 0 Å². The largest absolute Gasteiger partial charge is 0.441 e. The number of aromatic amines is 1. The van der Waals surface area contributed by atoms with Gasteiger partial charge in [0.05, 0.1) is 0 Å². The molecule has 1 rings (SSSR count). The third-order valence-corrected chi connectivity index (χ3v) is 2.27. The Balaban J connectivity index is 2.00. The Morgan fingerprint density at radius 2 is 2.21 bits per heavy atom. The van der Waals surface area contributed by atoms with E-state index in [2.05, 4.69) is 10.3 Å². The molecule has 1 aromatic heterocycles. The van der Waals surface area contributed by atoms with Crippen molar-refractivity contribution in [3.05, 3.63) is 24.0 Å². The van der Waals surface area contributed by atoms with Crippen molar-refractivity contribution in [2.45, 2.75) is 12.1 Å². The van der Waals surface area contributed by atoms with Crippen LogP contribution in [0, 0.1) is 0 Å². The molecule has 14 heavy (non-hydrogen) atoms. The second-order valence-electron chi connectivity index (χ2n) is 2.69. The summed E-state index contributed by atoms with van der Waals surface area (Å²) in [6.45, 7) is 0.956. The number of hydrogen-bond donors (Lipinski definition) is 2. The molecular weight excluding hydrogens is 213 g/mol. The number of nitrogens with one attached hydrogen (secondary N) is 2. The monoisotopic (exact) mass is 224 g/mol. The van der Waals surface area contributed by atoms with Crippen LogP contribution >= 0.6 is 11.8 Å². The molecule has 2 N–H and O–H groups in total. The maximum Gasteiger partial charge on any atom is 0.441 e. The molecule has 0 aliphatic heterocycles. The van der Waals surface area contributed by atoms with E-state index in [1.807, 2.05) is 12.3 Å². The zero-order valence-electron chi connectivity index (χ0n) is 7.40. The van der Waals surface area contributed by atoms with Crippen molar-refractivity contribution in [2.24, 2.45) is 0 Å². The second-order valence-corrected chi connectivity index (χ2v) is 3.85. The Morgan fingerprint density at radius 3 is 2.79 bits per heavy atom. The van der Waals surface area contributed by atoms with Gasteiger partial charge in [0.15, 0.2) is 0 Å². The molecule has 0 aliphatic carbocycles. The first kappa shape index (κ1) is 11.5. The SMILES string of the molecule is FC(F)(F)SCCNCc1cc[nH]c1. The molecule has 0 bridgehead atoms. The van der Waals surface area contributed by atoms with Gasteiger partial charge in [-0.1, -0.05) is 0 Å². The Bertz CT molecular complexity index is 246. The molecular formula is C8H11F3N2S.